The van der Waals surface area contributed by atoms with E-state index >= 15 is 0 Å². The molecule has 0 amide bonds. The average Bonchev–Trinajstić information content (AvgIpc) is 3.98. The van der Waals surface area contributed by atoms with Gasteiger partial charge in [0.15, 0.2) is 46.4 Å². The fourth-order valence-corrected chi connectivity index (χ4v) is 14.1. The Morgan fingerprint density at radius 2 is 0.909 bits per heavy atom. The van der Waals surface area contributed by atoms with E-state index in [1.807, 2.05) is 12.1 Å². The van der Waals surface area contributed by atoms with Crippen LogP contribution in [-0.2, 0) is 5.41 Å². The monoisotopic (exact) mass is 802 g/mol. The highest BCUT2D eigenvalue weighted by molar-refractivity contribution is 7.40. The van der Waals surface area contributed by atoms with Gasteiger partial charge in [0.25, 0.3) is 0 Å². The molecule has 4 nitrogen and oxygen atoms in total. The van der Waals surface area contributed by atoms with Crippen LogP contribution in [0.4, 0.5) is 17.6 Å². The quantitative estimate of drug-likeness (QED) is 0.0992. The average molecular weight is 803 g/mol. The summed E-state index contributed by atoms with van der Waals surface area (Å²) in [7, 11) is 0. The highest BCUT2D eigenvalue weighted by atomic mass is 32.1. The van der Waals surface area contributed by atoms with Crippen molar-refractivity contribution in [3.63, 3.8) is 0 Å². The zero-order chi connectivity index (χ0) is 38.0. The molecule has 4 aromatic carbocycles. The molecule has 0 fully saturated rings. The van der Waals surface area contributed by atoms with Crippen LogP contribution in [0.15, 0.2) is 71.8 Å². The Labute approximate surface area is 323 Å². The number of benzene rings is 4. The van der Waals surface area contributed by atoms with Crippen molar-refractivity contribution in [2.24, 2.45) is 0 Å². The maximum atomic E-state index is 13.9. The van der Waals surface area contributed by atoms with Crippen molar-refractivity contribution in [1.29, 1.82) is 0 Å². The number of hydrogen-bond donors (Lipinski definition) is 0. The number of hydrogen-bond acceptors (Lipinski definition) is 8. The maximum absolute atomic E-state index is 13.9. The van der Waals surface area contributed by atoms with Crippen LogP contribution in [0.3, 0.4) is 0 Å². The number of fused-ring (bicyclic) bond motifs is 11. The Hall–Kier alpha value is -5.40. The summed E-state index contributed by atoms with van der Waals surface area (Å²) < 4.78 is 60.0. The van der Waals surface area contributed by atoms with E-state index in [1.165, 1.54) is 52.5 Å². The molecule has 0 atom stereocenters. The third-order valence-corrected chi connectivity index (χ3v) is 15.9. The molecule has 3 aliphatic rings. The van der Waals surface area contributed by atoms with Crippen LogP contribution < -0.4 is 0 Å². The Bertz CT molecular complexity index is 3190. The number of allylic oxidation sites excluding steroid dienone is 2. The van der Waals surface area contributed by atoms with Crippen LogP contribution in [0, 0.1) is 23.3 Å². The van der Waals surface area contributed by atoms with Gasteiger partial charge in [-0.05, 0) is 105 Å². The van der Waals surface area contributed by atoms with Gasteiger partial charge in [0.05, 0.1) is 30.1 Å². The van der Waals surface area contributed by atoms with Crippen molar-refractivity contribution >= 4 is 121 Å². The molecule has 266 valence electrons. The predicted octanol–water partition coefficient (Wildman–Crippen LogP) is 12.3. The minimum absolute atomic E-state index is 0.00877. The summed E-state index contributed by atoms with van der Waals surface area (Å²) in [6.45, 7) is 4.31. The first-order valence-electron chi connectivity index (χ1n) is 16.9. The summed E-state index contributed by atoms with van der Waals surface area (Å²) in [4.78, 5) is 57.5. The summed E-state index contributed by atoms with van der Waals surface area (Å²) in [6, 6.07) is 13.9. The molecule has 0 saturated carbocycles. The second-order valence-corrected chi connectivity index (χ2v) is 18.6. The van der Waals surface area contributed by atoms with Crippen LogP contribution >= 0.6 is 45.3 Å². The molecule has 0 saturated heterocycles. The van der Waals surface area contributed by atoms with Gasteiger partial charge in [0.2, 0.25) is 0 Å². The lowest BCUT2D eigenvalue weighted by atomic mass is 9.84. The fourth-order valence-electron chi connectivity index (χ4n) is 8.12. The van der Waals surface area contributed by atoms with Crippen LogP contribution in [0.1, 0.15) is 76.2 Å². The van der Waals surface area contributed by atoms with Crippen LogP contribution in [0.25, 0.3) is 62.3 Å². The zero-order valence-electron chi connectivity index (χ0n) is 28.2. The predicted molar refractivity (Wildman–Crippen MR) is 212 cm³/mol. The van der Waals surface area contributed by atoms with Gasteiger partial charge in [-0.1, -0.05) is 13.8 Å². The molecule has 4 aromatic heterocycles. The third-order valence-electron chi connectivity index (χ3n) is 10.8. The molecule has 0 spiro atoms. The summed E-state index contributed by atoms with van der Waals surface area (Å²) in [5.74, 6) is -5.92. The lowest BCUT2D eigenvalue weighted by Gasteiger charge is -2.19. The fraction of sp³-hybridized carbons (Fsp3) is 0.0698. The largest absolute Gasteiger partial charge is 0.288 e. The van der Waals surface area contributed by atoms with Crippen molar-refractivity contribution in [3.8, 4) is 9.75 Å². The van der Waals surface area contributed by atoms with E-state index in [1.54, 1.807) is 34.8 Å². The van der Waals surface area contributed by atoms with Gasteiger partial charge in [0, 0.05) is 47.0 Å². The van der Waals surface area contributed by atoms with E-state index in [0.717, 1.165) is 68.1 Å². The van der Waals surface area contributed by atoms with Crippen molar-refractivity contribution in [3.05, 3.63) is 138 Å². The number of Topliss-reactive ketones (excluding diaryl/α,β-unsaturated/α-hetero) is 4. The SMILES string of the molecule is CC1(C)c2cc(C=C3C(=O)c4cc5cc(F)c(F)cc5cc4C3=O)sc2-c2sc3c(sc4cc(C=C5C(=O)c6cc7cc(F)c(F)cc7cc6C5=O)sc43)c21. The maximum Gasteiger partial charge on any atom is 0.197 e. The smallest absolute Gasteiger partial charge is 0.197 e. The Balaban J connectivity index is 0.947. The van der Waals surface area contributed by atoms with Crippen LogP contribution in [0.2, 0.25) is 0 Å². The van der Waals surface area contributed by atoms with Crippen molar-refractivity contribution in [2.45, 2.75) is 19.3 Å². The van der Waals surface area contributed by atoms with E-state index in [4.69, 9.17) is 0 Å². The molecule has 12 heteroatoms. The van der Waals surface area contributed by atoms with Crippen molar-refractivity contribution in [2.75, 3.05) is 0 Å². The highest BCUT2D eigenvalue weighted by Crippen LogP contribution is 2.61. The number of carbonyl (C=O) groups excluding carboxylic acids is 4. The molecule has 11 rings (SSSR count). The summed E-state index contributed by atoms with van der Waals surface area (Å²) in [5, 5.41) is 1.34. The van der Waals surface area contributed by atoms with E-state index < -0.39 is 46.4 Å². The Morgan fingerprint density at radius 3 is 1.36 bits per heavy atom. The number of ketones is 4. The molecule has 0 bridgehead atoms. The molecule has 3 aliphatic carbocycles. The normalized spacial score (nSPS) is 15.7. The topological polar surface area (TPSA) is 68.3 Å². The third kappa shape index (κ3) is 4.42. The first-order chi connectivity index (χ1) is 26.3. The highest BCUT2D eigenvalue weighted by Gasteiger charge is 2.42. The van der Waals surface area contributed by atoms with Crippen LogP contribution in [0.5, 0.6) is 0 Å². The molecule has 55 heavy (non-hydrogen) atoms. The number of carbonyl (C=O) groups is 4. The summed E-state index contributed by atoms with van der Waals surface area (Å²) >= 11 is 6.32. The Morgan fingerprint density at radius 1 is 0.473 bits per heavy atom. The number of thiophene rings is 4. The van der Waals surface area contributed by atoms with E-state index in [2.05, 4.69) is 13.8 Å². The van der Waals surface area contributed by atoms with Crippen LogP contribution in [-0.4, -0.2) is 23.1 Å². The van der Waals surface area contributed by atoms with E-state index in [-0.39, 0.29) is 38.8 Å². The van der Waals surface area contributed by atoms with Gasteiger partial charge in [-0.3, -0.25) is 19.2 Å². The standard InChI is InChI=1S/C43H18F4O4S4/c1-43(2)27-13-19(11-25-34(48)21-3-15-7-28(44)29(45)8-16(15)4-22(21)35(25)49)52-38(27)40-33(43)41-42(55-40)39-32(54-41)14-20(53-39)12-26-36(50)23-5-17-9-30(46)31(47)10-18(17)6-24(23)37(26)51/h3-14H,1-2H3. The van der Waals surface area contributed by atoms with Gasteiger partial charge in [-0.2, -0.15) is 0 Å². The molecule has 8 aromatic rings. The minimum atomic E-state index is -1.03. The van der Waals surface area contributed by atoms with Gasteiger partial charge >= 0.3 is 0 Å². The summed E-state index contributed by atoms with van der Waals surface area (Å²) in [6.07, 6.45) is 3.22. The molecular formula is C43H18F4O4S4. The van der Waals surface area contributed by atoms with Gasteiger partial charge in [-0.15, -0.1) is 45.3 Å². The van der Waals surface area contributed by atoms with Crippen molar-refractivity contribution in [1.82, 2.24) is 0 Å². The number of rotatable bonds is 2. The van der Waals surface area contributed by atoms with Gasteiger partial charge in [0.1, 0.15) is 0 Å². The summed E-state index contributed by atoms with van der Waals surface area (Å²) in [5.41, 5.74) is 2.63. The first-order valence-corrected chi connectivity index (χ1v) is 20.1. The van der Waals surface area contributed by atoms with E-state index in [0.29, 0.717) is 21.5 Å². The van der Waals surface area contributed by atoms with Gasteiger partial charge < -0.3 is 0 Å². The molecule has 0 N–H and O–H groups in total. The van der Waals surface area contributed by atoms with E-state index in [9.17, 15) is 36.7 Å². The zero-order valence-corrected chi connectivity index (χ0v) is 31.5. The molecule has 0 unspecified atom stereocenters. The first kappa shape index (κ1) is 33.0. The second kappa shape index (κ2) is 10.9. The molecule has 4 heterocycles. The van der Waals surface area contributed by atoms with Gasteiger partial charge in [-0.25, -0.2) is 17.6 Å². The van der Waals surface area contributed by atoms with Crippen molar-refractivity contribution < 1.29 is 36.7 Å². The minimum Gasteiger partial charge on any atom is -0.288 e. The molecule has 0 radical (unpaired) electrons. The number of halogens is 4. The molecular weight excluding hydrogens is 785 g/mol. The lowest BCUT2D eigenvalue weighted by molar-refractivity contribution is 0.0975. The lowest BCUT2D eigenvalue weighted by Crippen LogP contribution is -2.13. The second-order valence-electron chi connectivity index (χ2n) is 14.4. The molecule has 0 aliphatic heterocycles. The Kier molecular flexibility index (Phi) is 6.52.